The molecule has 0 aliphatic carbocycles. The zero-order chi connectivity index (χ0) is 24.6. The molecule has 0 aliphatic heterocycles. The van der Waals surface area contributed by atoms with Gasteiger partial charge in [-0.2, -0.15) is 5.10 Å². The van der Waals surface area contributed by atoms with E-state index >= 15 is 0 Å². The third kappa shape index (κ3) is 5.96. The van der Waals surface area contributed by atoms with E-state index < -0.39 is 0 Å². The van der Waals surface area contributed by atoms with Crippen molar-refractivity contribution < 1.29 is 9.53 Å². The van der Waals surface area contributed by atoms with E-state index in [1.54, 1.807) is 7.11 Å². The van der Waals surface area contributed by atoms with E-state index in [2.05, 4.69) is 45.0 Å². The number of benzene rings is 3. The first-order valence-electron chi connectivity index (χ1n) is 11.3. The summed E-state index contributed by atoms with van der Waals surface area (Å²) in [6, 6.07) is 26.0. The molecular formula is C27H27N5O2S. The second-order valence-corrected chi connectivity index (χ2v) is 8.69. The van der Waals surface area contributed by atoms with Gasteiger partial charge in [0.05, 0.1) is 18.6 Å². The molecule has 0 saturated heterocycles. The molecule has 0 saturated carbocycles. The molecule has 35 heavy (non-hydrogen) atoms. The molecule has 4 aromatic rings. The van der Waals surface area contributed by atoms with Crippen LogP contribution in [0, 0.1) is 0 Å². The maximum atomic E-state index is 12.4. The van der Waals surface area contributed by atoms with E-state index in [1.807, 2.05) is 73.0 Å². The standard InChI is InChI=1S/C27H27N5O2S/c1-4-32-26(23-14-16-24(34-3)17-15-23)30-31-27(32)35-18-25(33)29-28-19(2)20-10-12-22(13-11-20)21-8-6-5-7-9-21/h5-17H,4,18H2,1-3H3,(H,29,33)/b28-19-. The lowest BCUT2D eigenvalue weighted by Crippen LogP contribution is -2.21. The molecule has 4 rings (SSSR count). The average molecular weight is 486 g/mol. The Morgan fingerprint density at radius 1 is 0.943 bits per heavy atom. The number of rotatable bonds is 9. The van der Waals surface area contributed by atoms with E-state index in [9.17, 15) is 4.79 Å². The SMILES string of the molecule is CCn1c(SCC(=O)N/N=C(/C)c2ccc(-c3ccccc3)cc2)nnc1-c1ccc(OC)cc1. The Morgan fingerprint density at radius 3 is 2.26 bits per heavy atom. The molecule has 0 atom stereocenters. The highest BCUT2D eigenvalue weighted by Gasteiger charge is 2.14. The van der Waals surface area contributed by atoms with Crippen LogP contribution in [0.1, 0.15) is 19.4 Å². The minimum Gasteiger partial charge on any atom is -0.497 e. The molecule has 0 radical (unpaired) electrons. The number of thioether (sulfide) groups is 1. The highest BCUT2D eigenvalue weighted by Crippen LogP contribution is 2.25. The first kappa shape index (κ1) is 24.2. The molecule has 1 aromatic heterocycles. The molecule has 0 fully saturated rings. The van der Waals surface area contributed by atoms with Crippen molar-refractivity contribution in [1.82, 2.24) is 20.2 Å². The summed E-state index contributed by atoms with van der Waals surface area (Å²) in [6.07, 6.45) is 0. The second-order valence-electron chi connectivity index (χ2n) is 7.74. The number of nitrogens with one attached hydrogen (secondary N) is 1. The summed E-state index contributed by atoms with van der Waals surface area (Å²) in [5, 5.41) is 13.6. The third-order valence-corrected chi connectivity index (χ3v) is 6.44. The van der Waals surface area contributed by atoms with Crippen molar-refractivity contribution in [3.05, 3.63) is 84.4 Å². The fourth-order valence-electron chi connectivity index (χ4n) is 3.54. The fraction of sp³-hybridized carbons (Fsp3) is 0.185. The summed E-state index contributed by atoms with van der Waals surface area (Å²) in [6.45, 7) is 4.59. The Hall–Kier alpha value is -3.91. The van der Waals surface area contributed by atoms with E-state index in [1.165, 1.54) is 11.8 Å². The van der Waals surface area contributed by atoms with Crippen molar-refractivity contribution in [2.45, 2.75) is 25.5 Å². The van der Waals surface area contributed by atoms with Crippen molar-refractivity contribution in [3.63, 3.8) is 0 Å². The van der Waals surface area contributed by atoms with E-state index in [-0.39, 0.29) is 11.7 Å². The number of hydrogen-bond donors (Lipinski definition) is 1. The fourth-order valence-corrected chi connectivity index (χ4v) is 4.34. The Bertz CT molecular complexity index is 1300. The lowest BCUT2D eigenvalue weighted by molar-refractivity contribution is -0.118. The average Bonchev–Trinajstić information content (AvgIpc) is 3.34. The zero-order valence-electron chi connectivity index (χ0n) is 19.9. The maximum absolute atomic E-state index is 12.4. The van der Waals surface area contributed by atoms with Crippen molar-refractivity contribution in [1.29, 1.82) is 0 Å². The first-order chi connectivity index (χ1) is 17.1. The normalized spacial score (nSPS) is 11.3. The number of ether oxygens (including phenoxy) is 1. The predicted molar refractivity (Wildman–Crippen MR) is 141 cm³/mol. The lowest BCUT2D eigenvalue weighted by atomic mass is 10.0. The van der Waals surface area contributed by atoms with Gasteiger partial charge in [-0.15, -0.1) is 10.2 Å². The number of carbonyl (C=O) groups is 1. The van der Waals surface area contributed by atoms with Gasteiger partial charge in [0, 0.05) is 12.1 Å². The molecule has 1 N–H and O–H groups in total. The monoisotopic (exact) mass is 485 g/mol. The van der Waals surface area contributed by atoms with Gasteiger partial charge in [-0.3, -0.25) is 4.79 Å². The van der Waals surface area contributed by atoms with Crippen molar-refractivity contribution >= 4 is 23.4 Å². The molecule has 8 heteroatoms. The van der Waals surface area contributed by atoms with Gasteiger partial charge in [0.1, 0.15) is 5.75 Å². The van der Waals surface area contributed by atoms with Crippen LogP contribution in [-0.2, 0) is 11.3 Å². The van der Waals surface area contributed by atoms with Gasteiger partial charge in [-0.25, -0.2) is 5.43 Å². The van der Waals surface area contributed by atoms with Gasteiger partial charge in [-0.05, 0) is 54.8 Å². The Labute approximate surface area is 209 Å². The number of methoxy groups -OCH3 is 1. The largest absolute Gasteiger partial charge is 0.497 e. The summed E-state index contributed by atoms with van der Waals surface area (Å²) in [5.74, 6) is 1.52. The predicted octanol–water partition coefficient (Wildman–Crippen LogP) is 5.27. The summed E-state index contributed by atoms with van der Waals surface area (Å²) in [4.78, 5) is 12.4. The quantitative estimate of drug-likeness (QED) is 0.198. The van der Waals surface area contributed by atoms with E-state index in [0.29, 0.717) is 11.7 Å². The number of aromatic nitrogens is 3. The van der Waals surface area contributed by atoms with Gasteiger partial charge >= 0.3 is 0 Å². The van der Waals surface area contributed by atoms with Crippen LogP contribution in [-0.4, -0.2) is 39.2 Å². The Balaban J connectivity index is 1.35. The lowest BCUT2D eigenvalue weighted by Gasteiger charge is -2.08. The van der Waals surface area contributed by atoms with Crippen LogP contribution in [0.15, 0.2) is 89.1 Å². The van der Waals surface area contributed by atoms with Crippen LogP contribution >= 0.6 is 11.8 Å². The van der Waals surface area contributed by atoms with Crippen molar-refractivity contribution in [3.8, 4) is 28.3 Å². The molecule has 178 valence electrons. The van der Waals surface area contributed by atoms with Crippen LogP contribution in [0.3, 0.4) is 0 Å². The molecule has 0 aliphatic rings. The number of hydrazone groups is 1. The number of carbonyl (C=O) groups excluding carboxylic acids is 1. The maximum Gasteiger partial charge on any atom is 0.250 e. The molecular weight excluding hydrogens is 458 g/mol. The second kappa shape index (κ2) is 11.5. The molecule has 0 spiro atoms. The van der Waals surface area contributed by atoms with Crippen LogP contribution in [0.5, 0.6) is 5.75 Å². The highest BCUT2D eigenvalue weighted by molar-refractivity contribution is 7.99. The smallest absolute Gasteiger partial charge is 0.250 e. The third-order valence-electron chi connectivity index (χ3n) is 5.47. The molecule has 1 heterocycles. The summed E-state index contributed by atoms with van der Waals surface area (Å²) < 4.78 is 7.21. The minimum absolute atomic E-state index is 0.185. The number of nitrogens with zero attached hydrogens (tertiary/aromatic N) is 4. The highest BCUT2D eigenvalue weighted by atomic mass is 32.2. The van der Waals surface area contributed by atoms with Gasteiger partial charge in [0.2, 0.25) is 0 Å². The van der Waals surface area contributed by atoms with Crippen LogP contribution < -0.4 is 10.2 Å². The summed E-state index contributed by atoms with van der Waals surface area (Å²) in [5.41, 5.74) is 7.57. The molecule has 7 nitrogen and oxygen atoms in total. The van der Waals surface area contributed by atoms with Crippen molar-refractivity contribution in [2.24, 2.45) is 5.10 Å². The zero-order valence-corrected chi connectivity index (χ0v) is 20.7. The molecule has 1 amide bonds. The molecule has 0 bridgehead atoms. The Morgan fingerprint density at radius 2 is 1.60 bits per heavy atom. The van der Waals surface area contributed by atoms with E-state index in [0.717, 1.165) is 39.5 Å². The number of amides is 1. The van der Waals surface area contributed by atoms with Crippen LogP contribution in [0.25, 0.3) is 22.5 Å². The number of hydrogen-bond acceptors (Lipinski definition) is 6. The molecule has 0 unspecified atom stereocenters. The summed E-state index contributed by atoms with van der Waals surface area (Å²) in [7, 11) is 1.64. The minimum atomic E-state index is -0.202. The Kier molecular flexibility index (Phi) is 7.95. The molecule has 3 aromatic carbocycles. The van der Waals surface area contributed by atoms with Crippen molar-refractivity contribution in [2.75, 3.05) is 12.9 Å². The van der Waals surface area contributed by atoms with E-state index in [4.69, 9.17) is 4.74 Å². The summed E-state index contributed by atoms with van der Waals surface area (Å²) >= 11 is 1.33. The van der Waals surface area contributed by atoms with Gasteiger partial charge in [0.25, 0.3) is 5.91 Å². The van der Waals surface area contributed by atoms with Gasteiger partial charge in [0.15, 0.2) is 11.0 Å². The van der Waals surface area contributed by atoms with Crippen LogP contribution in [0.4, 0.5) is 0 Å². The van der Waals surface area contributed by atoms with Gasteiger partial charge < -0.3 is 9.30 Å². The van der Waals surface area contributed by atoms with Crippen LogP contribution in [0.2, 0.25) is 0 Å². The first-order valence-corrected chi connectivity index (χ1v) is 12.3. The van der Waals surface area contributed by atoms with Gasteiger partial charge in [-0.1, -0.05) is 66.4 Å². The topological polar surface area (TPSA) is 81.4 Å².